The van der Waals surface area contributed by atoms with E-state index in [1.165, 1.54) is 0 Å². The van der Waals surface area contributed by atoms with Crippen LogP contribution in [0.15, 0.2) is 61.4 Å². The number of rotatable bonds is 6. The largest absolute Gasteiger partial charge is 1.00 e. The molecule has 2 N–H and O–H groups in total. The molecule has 2 amide bonds. The summed E-state index contributed by atoms with van der Waals surface area (Å²) in [6, 6.07) is 10.2. The van der Waals surface area contributed by atoms with E-state index in [0.717, 1.165) is 0 Å². The van der Waals surface area contributed by atoms with E-state index >= 15 is 0 Å². The highest BCUT2D eigenvalue weighted by atomic mass is 35.5. The van der Waals surface area contributed by atoms with E-state index in [1.54, 1.807) is 59.4 Å². The van der Waals surface area contributed by atoms with Crippen molar-refractivity contribution in [3.63, 3.8) is 0 Å². The molecule has 0 aliphatic carbocycles. The van der Waals surface area contributed by atoms with Gasteiger partial charge in [0.05, 0.1) is 0 Å². The van der Waals surface area contributed by atoms with Crippen molar-refractivity contribution in [1.82, 2.24) is 5.32 Å². The third kappa shape index (κ3) is 6.02. The number of benzene rings is 1. The monoisotopic (exact) mass is 365 g/mol. The maximum atomic E-state index is 12.2. The Labute approximate surface area is 151 Å². The van der Waals surface area contributed by atoms with Gasteiger partial charge in [0, 0.05) is 23.3 Å². The molecule has 1 aromatic carbocycles. The van der Waals surface area contributed by atoms with Crippen molar-refractivity contribution >= 4 is 29.1 Å². The second-order valence-electron chi connectivity index (χ2n) is 4.82. The van der Waals surface area contributed by atoms with Crippen molar-refractivity contribution in [1.29, 1.82) is 0 Å². The van der Waals surface area contributed by atoms with Crippen LogP contribution < -0.4 is 27.6 Å². The molecule has 0 radical (unpaired) electrons. The maximum absolute atomic E-state index is 12.2. The molecule has 2 rings (SSSR count). The van der Waals surface area contributed by atoms with Crippen LogP contribution in [0.25, 0.3) is 0 Å². The van der Waals surface area contributed by atoms with Crippen molar-refractivity contribution in [2.75, 3.05) is 11.9 Å². The minimum absolute atomic E-state index is 0. The Morgan fingerprint density at radius 1 is 1.21 bits per heavy atom. The number of pyridine rings is 1. The van der Waals surface area contributed by atoms with Crippen LogP contribution in [-0.2, 0) is 11.3 Å². The fourth-order valence-corrected chi connectivity index (χ4v) is 2.02. The molecule has 0 aliphatic heterocycles. The van der Waals surface area contributed by atoms with E-state index in [-0.39, 0.29) is 30.8 Å². The zero-order valence-electron chi connectivity index (χ0n) is 12.8. The van der Waals surface area contributed by atoms with Crippen LogP contribution in [0, 0.1) is 0 Å². The van der Waals surface area contributed by atoms with E-state index in [1.807, 2.05) is 0 Å². The lowest BCUT2D eigenvalue weighted by molar-refractivity contribution is -0.684. The zero-order chi connectivity index (χ0) is 16.7. The average Bonchev–Trinajstić information content (AvgIpc) is 2.55. The normalized spacial score (nSPS) is 9.54. The summed E-state index contributed by atoms with van der Waals surface area (Å²) in [6.45, 7) is 4.09. The first-order chi connectivity index (χ1) is 11.1. The number of halogens is 2. The smallest absolute Gasteiger partial charge is 0.286 e. The molecular weight excluding hydrogens is 349 g/mol. The Morgan fingerprint density at radius 3 is 2.58 bits per heavy atom. The van der Waals surface area contributed by atoms with Crippen LogP contribution >= 0.6 is 11.6 Å². The summed E-state index contributed by atoms with van der Waals surface area (Å²) in [5.41, 5.74) is 1.11. The predicted octanol–water partition coefficient (Wildman–Crippen LogP) is -0.814. The van der Waals surface area contributed by atoms with Crippen molar-refractivity contribution < 1.29 is 26.6 Å². The SMILES string of the molecule is C=CCNC(=O)C[n+]1cccc(C(=O)Nc2ccc(Cl)cc2)c1.[Cl-]. The molecule has 24 heavy (non-hydrogen) atoms. The van der Waals surface area contributed by atoms with E-state index < -0.39 is 0 Å². The Bertz CT molecular complexity index is 718. The number of nitrogens with one attached hydrogen (secondary N) is 2. The molecule has 0 atom stereocenters. The molecule has 7 heteroatoms. The number of anilines is 1. The number of amides is 2. The molecule has 0 aliphatic rings. The quantitative estimate of drug-likeness (QED) is 0.519. The molecule has 5 nitrogen and oxygen atoms in total. The number of aromatic nitrogens is 1. The van der Waals surface area contributed by atoms with Gasteiger partial charge in [0.1, 0.15) is 5.56 Å². The number of carbonyl (C=O) groups excluding carboxylic acids is 2. The van der Waals surface area contributed by atoms with Gasteiger partial charge in [-0.05, 0) is 30.3 Å². The number of carbonyl (C=O) groups is 2. The van der Waals surface area contributed by atoms with E-state index in [9.17, 15) is 9.59 Å². The van der Waals surface area contributed by atoms with Gasteiger partial charge < -0.3 is 23.0 Å². The van der Waals surface area contributed by atoms with Crippen molar-refractivity contribution in [2.24, 2.45) is 0 Å². The molecule has 1 heterocycles. The van der Waals surface area contributed by atoms with Crippen LogP contribution in [-0.4, -0.2) is 18.4 Å². The van der Waals surface area contributed by atoms with Crippen molar-refractivity contribution in [3.05, 3.63) is 72.0 Å². The van der Waals surface area contributed by atoms with Gasteiger partial charge in [-0.15, -0.1) is 6.58 Å². The van der Waals surface area contributed by atoms with Gasteiger partial charge in [-0.25, -0.2) is 0 Å². The fourth-order valence-electron chi connectivity index (χ4n) is 1.90. The minimum atomic E-state index is -0.256. The maximum Gasteiger partial charge on any atom is 0.286 e. The second-order valence-corrected chi connectivity index (χ2v) is 5.26. The summed E-state index contributed by atoms with van der Waals surface area (Å²) in [7, 11) is 0. The van der Waals surface area contributed by atoms with Crippen LogP contribution in [0.1, 0.15) is 10.4 Å². The zero-order valence-corrected chi connectivity index (χ0v) is 14.3. The van der Waals surface area contributed by atoms with Gasteiger partial charge in [-0.1, -0.05) is 17.7 Å². The van der Waals surface area contributed by atoms with Gasteiger partial charge in [-0.2, -0.15) is 4.57 Å². The number of hydrogen-bond acceptors (Lipinski definition) is 2. The minimum Gasteiger partial charge on any atom is -1.00 e. The molecule has 0 bridgehead atoms. The highest BCUT2D eigenvalue weighted by Gasteiger charge is 2.13. The fraction of sp³-hybridized carbons (Fsp3) is 0.118. The van der Waals surface area contributed by atoms with Crippen LogP contribution in [0.5, 0.6) is 0 Å². The molecule has 0 fully saturated rings. The Hall–Kier alpha value is -2.37. The standard InChI is InChI=1S/C17H16ClN3O2.ClH/c1-2-9-19-16(22)12-21-10-3-4-13(11-21)17(23)20-15-7-5-14(18)6-8-15;/h2-8,10-11H,1,9,12H2,(H-,19,20,22,23);1H. The third-order valence-corrected chi connectivity index (χ3v) is 3.24. The first-order valence-corrected chi connectivity index (χ1v) is 7.40. The van der Waals surface area contributed by atoms with Crippen LogP contribution in [0.3, 0.4) is 0 Å². The van der Waals surface area contributed by atoms with Crippen molar-refractivity contribution in [2.45, 2.75) is 6.54 Å². The average molecular weight is 366 g/mol. The summed E-state index contributed by atoms with van der Waals surface area (Å²) in [5.74, 6) is -0.404. The van der Waals surface area contributed by atoms with Gasteiger partial charge in [-0.3, -0.25) is 9.59 Å². The Morgan fingerprint density at radius 2 is 1.92 bits per heavy atom. The molecule has 2 aromatic rings. The van der Waals surface area contributed by atoms with Gasteiger partial charge >= 0.3 is 0 Å². The lowest BCUT2D eigenvalue weighted by Gasteiger charge is -2.05. The van der Waals surface area contributed by atoms with Crippen molar-refractivity contribution in [3.8, 4) is 0 Å². The number of nitrogens with zero attached hydrogens (tertiary/aromatic N) is 1. The summed E-state index contributed by atoms with van der Waals surface area (Å²) in [4.78, 5) is 23.9. The molecule has 0 spiro atoms. The van der Waals surface area contributed by atoms with E-state index in [0.29, 0.717) is 22.8 Å². The first kappa shape index (κ1) is 19.7. The summed E-state index contributed by atoms with van der Waals surface area (Å²) < 4.78 is 1.65. The second kappa shape index (κ2) is 9.70. The molecule has 0 saturated heterocycles. The van der Waals surface area contributed by atoms with Gasteiger partial charge in [0.2, 0.25) is 6.54 Å². The summed E-state index contributed by atoms with van der Waals surface area (Å²) in [6.07, 6.45) is 4.96. The highest BCUT2D eigenvalue weighted by molar-refractivity contribution is 6.30. The van der Waals surface area contributed by atoms with Gasteiger partial charge in [0.25, 0.3) is 11.8 Å². The Balaban J connectivity index is 0.00000288. The molecular formula is C17H17Cl2N3O2. The van der Waals surface area contributed by atoms with Crippen LogP contribution in [0.4, 0.5) is 5.69 Å². The first-order valence-electron chi connectivity index (χ1n) is 7.02. The van der Waals surface area contributed by atoms with E-state index in [2.05, 4.69) is 17.2 Å². The van der Waals surface area contributed by atoms with E-state index in [4.69, 9.17) is 11.6 Å². The predicted molar refractivity (Wildman–Crippen MR) is 89.2 cm³/mol. The third-order valence-electron chi connectivity index (χ3n) is 2.99. The molecule has 126 valence electrons. The van der Waals surface area contributed by atoms with Crippen LogP contribution in [0.2, 0.25) is 5.02 Å². The lowest BCUT2D eigenvalue weighted by Crippen LogP contribution is -3.00. The van der Waals surface area contributed by atoms with Gasteiger partial charge in [0.15, 0.2) is 12.4 Å². The molecule has 1 aromatic heterocycles. The Kier molecular flexibility index (Phi) is 7.95. The summed E-state index contributed by atoms with van der Waals surface area (Å²) in [5, 5.41) is 6.06. The number of hydrogen-bond donors (Lipinski definition) is 2. The highest BCUT2D eigenvalue weighted by Crippen LogP contribution is 2.14. The summed E-state index contributed by atoms with van der Waals surface area (Å²) >= 11 is 5.81. The molecule has 0 unspecified atom stereocenters. The molecule has 0 saturated carbocycles. The lowest BCUT2D eigenvalue weighted by atomic mass is 10.2. The topological polar surface area (TPSA) is 62.1 Å².